The normalized spacial score (nSPS) is 18.1. The van der Waals surface area contributed by atoms with E-state index in [0.717, 1.165) is 0 Å². The van der Waals surface area contributed by atoms with Crippen molar-refractivity contribution >= 4 is 11.6 Å². The number of piperazine rings is 1. The van der Waals surface area contributed by atoms with Crippen molar-refractivity contribution in [3.63, 3.8) is 0 Å². The van der Waals surface area contributed by atoms with Crippen LogP contribution in [-0.4, -0.2) is 42.6 Å². The van der Waals surface area contributed by atoms with Crippen LogP contribution in [0.4, 0.5) is 10.1 Å². The molecular weight excluding hydrogens is 235 g/mol. The Bertz CT molecular complexity index is 462. The van der Waals surface area contributed by atoms with Gasteiger partial charge in [0.1, 0.15) is 5.82 Å². The van der Waals surface area contributed by atoms with Crippen molar-refractivity contribution in [3.05, 3.63) is 29.6 Å². The molecule has 0 radical (unpaired) electrons. The largest absolute Gasteiger partial charge is 0.389 e. The number of carbonyl (C=O) groups excluding carboxylic acids is 1. The fraction of sp³-hybridized carbons (Fsp3) is 0.462. The SMILES string of the molecule is C[C@@H](O)c1cccc(F)c1N1CCN(C)C(=O)C1. The highest BCUT2D eigenvalue weighted by Crippen LogP contribution is 2.30. The summed E-state index contributed by atoms with van der Waals surface area (Å²) in [6.07, 6.45) is -0.759. The van der Waals surface area contributed by atoms with Gasteiger partial charge in [0.2, 0.25) is 5.91 Å². The van der Waals surface area contributed by atoms with Gasteiger partial charge in [-0.2, -0.15) is 0 Å². The first kappa shape index (κ1) is 12.8. The molecule has 0 bridgehead atoms. The first-order chi connectivity index (χ1) is 8.50. The molecule has 5 heteroatoms. The van der Waals surface area contributed by atoms with Crippen LogP contribution in [0.2, 0.25) is 0 Å². The van der Waals surface area contributed by atoms with Gasteiger partial charge in [0, 0.05) is 25.7 Å². The minimum absolute atomic E-state index is 0.0407. The Labute approximate surface area is 106 Å². The molecule has 2 rings (SSSR count). The molecule has 1 N–H and O–H groups in total. The second-order valence-corrected chi connectivity index (χ2v) is 4.59. The van der Waals surface area contributed by atoms with E-state index in [1.807, 2.05) is 0 Å². The Balaban J connectivity index is 2.36. The minimum atomic E-state index is -0.759. The molecule has 0 saturated carbocycles. The smallest absolute Gasteiger partial charge is 0.241 e. The number of aliphatic hydroxyl groups is 1. The lowest BCUT2D eigenvalue weighted by atomic mass is 10.1. The summed E-state index contributed by atoms with van der Waals surface area (Å²) in [6, 6.07) is 4.61. The van der Waals surface area contributed by atoms with Gasteiger partial charge in [0.05, 0.1) is 18.3 Å². The van der Waals surface area contributed by atoms with Crippen molar-refractivity contribution in [3.8, 4) is 0 Å². The lowest BCUT2D eigenvalue weighted by molar-refractivity contribution is -0.129. The number of amides is 1. The van der Waals surface area contributed by atoms with E-state index in [-0.39, 0.29) is 12.5 Å². The molecule has 4 nitrogen and oxygen atoms in total. The summed E-state index contributed by atoms with van der Waals surface area (Å²) in [5.74, 6) is -0.438. The Morgan fingerprint density at radius 2 is 2.11 bits per heavy atom. The molecule has 1 saturated heterocycles. The van der Waals surface area contributed by atoms with Crippen LogP contribution in [0.5, 0.6) is 0 Å². The quantitative estimate of drug-likeness (QED) is 0.859. The van der Waals surface area contributed by atoms with Crippen LogP contribution in [0.25, 0.3) is 0 Å². The van der Waals surface area contributed by atoms with Gasteiger partial charge >= 0.3 is 0 Å². The van der Waals surface area contributed by atoms with Crippen LogP contribution in [0.1, 0.15) is 18.6 Å². The maximum absolute atomic E-state index is 13.9. The van der Waals surface area contributed by atoms with Crippen LogP contribution >= 0.6 is 0 Å². The summed E-state index contributed by atoms with van der Waals surface area (Å²) in [7, 11) is 1.73. The number of anilines is 1. The van der Waals surface area contributed by atoms with E-state index >= 15 is 0 Å². The van der Waals surface area contributed by atoms with Crippen molar-refractivity contribution in [1.29, 1.82) is 0 Å². The molecular formula is C13H17FN2O2. The number of para-hydroxylation sites is 1. The number of hydrogen-bond acceptors (Lipinski definition) is 3. The zero-order valence-corrected chi connectivity index (χ0v) is 10.6. The average molecular weight is 252 g/mol. The number of hydrogen-bond donors (Lipinski definition) is 1. The van der Waals surface area contributed by atoms with Crippen molar-refractivity contribution in [2.75, 3.05) is 31.6 Å². The summed E-state index contributed by atoms with van der Waals surface area (Å²) in [6.45, 7) is 2.88. The summed E-state index contributed by atoms with van der Waals surface area (Å²) in [4.78, 5) is 15.0. The predicted molar refractivity (Wildman–Crippen MR) is 66.9 cm³/mol. The number of benzene rings is 1. The number of nitrogens with zero attached hydrogens (tertiary/aromatic N) is 2. The molecule has 0 aliphatic carbocycles. The van der Waals surface area contributed by atoms with E-state index in [4.69, 9.17) is 0 Å². The van der Waals surface area contributed by atoms with Gasteiger partial charge in [0.15, 0.2) is 0 Å². The number of rotatable bonds is 2. The Hall–Kier alpha value is -1.62. The van der Waals surface area contributed by atoms with Crippen molar-refractivity contribution in [2.45, 2.75) is 13.0 Å². The summed E-state index contributed by atoms with van der Waals surface area (Å²) >= 11 is 0. The monoisotopic (exact) mass is 252 g/mol. The molecule has 0 unspecified atom stereocenters. The first-order valence-corrected chi connectivity index (χ1v) is 5.96. The molecule has 0 spiro atoms. The second-order valence-electron chi connectivity index (χ2n) is 4.59. The van der Waals surface area contributed by atoms with Gasteiger partial charge in [-0.05, 0) is 13.0 Å². The topological polar surface area (TPSA) is 43.8 Å². The molecule has 1 aromatic carbocycles. The first-order valence-electron chi connectivity index (χ1n) is 5.96. The van der Waals surface area contributed by atoms with Crippen LogP contribution < -0.4 is 4.90 Å². The molecule has 1 heterocycles. The zero-order valence-electron chi connectivity index (χ0n) is 10.6. The van der Waals surface area contributed by atoms with E-state index in [2.05, 4.69) is 0 Å². The zero-order chi connectivity index (χ0) is 13.3. The second kappa shape index (κ2) is 4.94. The Morgan fingerprint density at radius 3 is 2.72 bits per heavy atom. The van der Waals surface area contributed by atoms with Gasteiger partial charge in [0.25, 0.3) is 0 Å². The number of aliphatic hydroxyl groups excluding tert-OH is 1. The highest BCUT2D eigenvalue weighted by molar-refractivity contribution is 5.83. The highest BCUT2D eigenvalue weighted by atomic mass is 19.1. The maximum Gasteiger partial charge on any atom is 0.241 e. The lowest BCUT2D eigenvalue weighted by Gasteiger charge is -2.35. The fourth-order valence-corrected chi connectivity index (χ4v) is 2.15. The van der Waals surface area contributed by atoms with Crippen LogP contribution in [0, 0.1) is 5.82 Å². The van der Waals surface area contributed by atoms with Crippen LogP contribution in [0.15, 0.2) is 18.2 Å². The van der Waals surface area contributed by atoms with E-state index < -0.39 is 11.9 Å². The summed E-state index contributed by atoms with van der Waals surface area (Å²) in [5.41, 5.74) is 0.862. The third kappa shape index (κ3) is 2.31. The van der Waals surface area contributed by atoms with Crippen LogP contribution in [-0.2, 0) is 4.79 Å². The van der Waals surface area contributed by atoms with Gasteiger partial charge < -0.3 is 14.9 Å². The van der Waals surface area contributed by atoms with Crippen LogP contribution in [0.3, 0.4) is 0 Å². The molecule has 0 aromatic heterocycles. The molecule has 18 heavy (non-hydrogen) atoms. The Morgan fingerprint density at radius 1 is 1.39 bits per heavy atom. The average Bonchev–Trinajstić information content (AvgIpc) is 2.32. The summed E-state index contributed by atoms with van der Waals surface area (Å²) < 4.78 is 13.9. The molecule has 1 fully saturated rings. The van der Waals surface area contributed by atoms with Crippen molar-refractivity contribution in [1.82, 2.24) is 4.90 Å². The molecule has 1 aromatic rings. The van der Waals surface area contributed by atoms with E-state index in [1.165, 1.54) is 6.07 Å². The van der Waals surface area contributed by atoms with Gasteiger partial charge in [-0.3, -0.25) is 4.79 Å². The van der Waals surface area contributed by atoms with Gasteiger partial charge in [-0.15, -0.1) is 0 Å². The molecule has 1 aliphatic rings. The molecule has 1 aliphatic heterocycles. The predicted octanol–water partition coefficient (Wildman–Crippen LogP) is 1.16. The summed E-state index contributed by atoms with van der Waals surface area (Å²) in [5, 5.41) is 9.69. The standard InChI is InChI=1S/C13H17FN2O2/c1-9(17)10-4-3-5-11(14)13(10)16-7-6-15(2)12(18)8-16/h3-5,9,17H,6-8H2,1-2H3/t9-/m1/s1. The molecule has 98 valence electrons. The van der Waals surface area contributed by atoms with E-state index in [1.54, 1.807) is 35.9 Å². The van der Waals surface area contributed by atoms with Gasteiger partial charge in [-0.25, -0.2) is 4.39 Å². The van der Waals surface area contributed by atoms with Crippen molar-refractivity contribution < 1.29 is 14.3 Å². The van der Waals surface area contributed by atoms with E-state index in [0.29, 0.717) is 24.3 Å². The number of halogens is 1. The maximum atomic E-state index is 13.9. The number of carbonyl (C=O) groups is 1. The fourth-order valence-electron chi connectivity index (χ4n) is 2.15. The molecule has 1 amide bonds. The third-order valence-electron chi connectivity index (χ3n) is 3.24. The van der Waals surface area contributed by atoms with Crippen molar-refractivity contribution in [2.24, 2.45) is 0 Å². The Kier molecular flexibility index (Phi) is 3.52. The molecule has 1 atom stereocenters. The minimum Gasteiger partial charge on any atom is -0.389 e. The van der Waals surface area contributed by atoms with Gasteiger partial charge in [-0.1, -0.05) is 12.1 Å². The number of likely N-dealkylation sites (N-methyl/N-ethyl adjacent to an activating group) is 1. The lowest BCUT2D eigenvalue weighted by Crippen LogP contribution is -2.49. The third-order valence-corrected chi connectivity index (χ3v) is 3.24. The van der Waals surface area contributed by atoms with E-state index in [9.17, 15) is 14.3 Å². The highest BCUT2D eigenvalue weighted by Gasteiger charge is 2.25.